The van der Waals surface area contributed by atoms with Crippen molar-refractivity contribution in [2.75, 3.05) is 13.2 Å². The lowest BCUT2D eigenvalue weighted by atomic mass is 10.0. The lowest BCUT2D eigenvalue weighted by molar-refractivity contribution is -0.167. The monoisotopic (exact) mass is 839 g/mol. The van der Waals surface area contributed by atoms with Gasteiger partial charge in [-0.15, -0.1) is 0 Å². The average Bonchev–Trinajstić information content (AvgIpc) is 3.24. The standard InChI is InChI=1S/C54H94O6/c1-4-7-10-13-16-19-22-24-26-27-29-30-32-35-38-41-44-47-53(56)59-50-51(49-58-52(55)46-43-40-37-34-21-18-15-12-9-6-3)60-54(57)48-45-42-39-36-33-31-28-25-23-20-17-14-11-8-5-2/h8,11-12,15,17,20,25,28,33,36,51H,4-7,9-10,13-14,16,18-19,21-24,26-27,29-32,34-35,37-50H2,1-3H3/b11-8-,15-12-,20-17-,28-25-,36-33-. The van der Waals surface area contributed by atoms with E-state index in [2.05, 4.69) is 81.5 Å². The maximum Gasteiger partial charge on any atom is 0.306 e. The van der Waals surface area contributed by atoms with Gasteiger partial charge in [-0.05, 0) is 77.0 Å². The van der Waals surface area contributed by atoms with Gasteiger partial charge >= 0.3 is 17.9 Å². The molecule has 0 aliphatic heterocycles. The first-order chi connectivity index (χ1) is 29.5. The Morgan fingerprint density at radius 3 is 1.13 bits per heavy atom. The SMILES string of the molecule is CC/C=C\C/C=C\C/C=C\C/C=C\CCCCC(=O)OC(COC(=O)CCCCCCC/C=C\CCC)COC(=O)CCCCCCCCCCCCCCCCCCC. The summed E-state index contributed by atoms with van der Waals surface area (Å²) < 4.78 is 16.7. The first kappa shape index (κ1) is 57.1. The van der Waals surface area contributed by atoms with E-state index in [9.17, 15) is 14.4 Å². The Bertz CT molecular complexity index is 1100. The van der Waals surface area contributed by atoms with Crippen LogP contribution in [0.2, 0.25) is 0 Å². The molecule has 60 heavy (non-hydrogen) atoms. The van der Waals surface area contributed by atoms with Crippen molar-refractivity contribution in [1.29, 1.82) is 0 Å². The summed E-state index contributed by atoms with van der Waals surface area (Å²) in [5.41, 5.74) is 0. The molecule has 1 unspecified atom stereocenters. The van der Waals surface area contributed by atoms with Crippen molar-refractivity contribution >= 4 is 17.9 Å². The summed E-state index contributed by atoms with van der Waals surface area (Å²) in [6.45, 7) is 6.43. The lowest BCUT2D eigenvalue weighted by Gasteiger charge is -2.18. The summed E-state index contributed by atoms with van der Waals surface area (Å²) in [5, 5.41) is 0. The van der Waals surface area contributed by atoms with E-state index >= 15 is 0 Å². The second kappa shape index (κ2) is 48.8. The molecule has 0 amide bonds. The van der Waals surface area contributed by atoms with Crippen molar-refractivity contribution < 1.29 is 28.6 Å². The van der Waals surface area contributed by atoms with E-state index < -0.39 is 6.10 Å². The smallest absolute Gasteiger partial charge is 0.306 e. The quantitative estimate of drug-likeness (QED) is 0.0263. The number of carbonyl (C=O) groups is 3. The van der Waals surface area contributed by atoms with Crippen LogP contribution >= 0.6 is 0 Å². The Morgan fingerprint density at radius 1 is 0.350 bits per heavy atom. The minimum absolute atomic E-state index is 0.0918. The molecule has 0 fully saturated rings. The molecule has 6 nitrogen and oxygen atoms in total. The number of esters is 3. The minimum atomic E-state index is -0.795. The van der Waals surface area contributed by atoms with Gasteiger partial charge < -0.3 is 14.2 Å². The highest BCUT2D eigenvalue weighted by molar-refractivity contribution is 5.71. The van der Waals surface area contributed by atoms with Crippen molar-refractivity contribution in [2.24, 2.45) is 0 Å². The molecular formula is C54H94O6. The summed E-state index contributed by atoms with van der Waals surface area (Å²) in [6, 6.07) is 0. The van der Waals surface area contributed by atoms with Crippen molar-refractivity contribution in [2.45, 2.75) is 252 Å². The molecule has 0 aliphatic rings. The van der Waals surface area contributed by atoms with Crippen LogP contribution in [0.25, 0.3) is 0 Å². The fourth-order valence-electron chi connectivity index (χ4n) is 6.96. The van der Waals surface area contributed by atoms with E-state index in [1.165, 1.54) is 103 Å². The highest BCUT2D eigenvalue weighted by atomic mass is 16.6. The van der Waals surface area contributed by atoms with Gasteiger partial charge in [-0.1, -0.05) is 210 Å². The van der Waals surface area contributed by atoms with Gasteiger partial charge in [-0.3, -0.25) is 14.4 Å². The third-order valence-electron chi connectivity index (χ3n) is 10.7. The predicted octanol–water partition coefficient (Wildman–Crippen LogP) is 16.5. The number of unbranched alkanes of at least 4 members (excludes halogenated alkanes) is 24. The number of hydrogen-bond acceptors (Lipinski definition) is 6. The lowest BCUT2D eigenvalue weighted by Crippen LogP contribution is -2.30. The van der Waals surface area contributed by atoms with Crippen LogP contribution in [0.4, 0.5) is 0 Å². The topological polar surface area (TPSA) is 78.9 Å². The Labute approximate surface area is 370 Å². The molecule has 0 aliphatic carbocycles. The van der Waals surface area contributed by atoms with Gasteiger partial charge in [0.1, 0.15) is 13.2 Å². The molecule has 0 aromatic heterocycles. The zero-order valence-electron chi connectivity index (χ0n) is 39.5. The van der Waals surface area contributed by atoms with Gasteiger partial charge in [0.15, 0.2) is 6.10 Å². The Morgan fingerprint density at radius 2 is 0.683 bits per heavy atom. The molecule has 0 radical (unpaired) electrons. The Hall–Kier alpha value is -2.89. The van der Waals surface area contributed by atoms with E-state index in [0.717, 1.165) is 96.3 Å². The van der Waals surface area contributed by atoms with Gasteiger partial charge in [0.2, 0.25) is 0 Å². The molecule has 0 aromatic rings. The number of rotatable bonds is 45. The zero-order valence-corrected chi connectivity index (χ0v) is 39.5. The molecule has 0 spiro atoms. The van der Waals surface area contributed by atoms with E-state index in [0.29, 0.717) is 19.3 Å². The van der Waals surface area contributed by atoms with Crippen LogP contribution in [0, 0.1) is 0 Å². The number of ether oxygens (including phenoxy) is 3. The largest absolute Gasteiger partial charge is 0.462 e. The summed E-state index contributed by atoms with van der Waals surface area (Å²) in [6.07, 6.45) is 59.3. The third-order valence-corrected chi connectivity index (χ3v) is 10.7. The number of carbonyl (C=O) groups excluding carboxylic acids is 3. The van der Waals surface area contributed by atoms with Crippen LogP contribution in [-0.4, -0.2) is 37.2 Å². The van der Waals surface area contributed by atoms with Gasteiger partial charge in [0, 0.05) is 19.3 Å². The van der Waals surface area contributed by atoms with E-state index in [-0.39, 0.29) is 37.5 Å². The van der Waals surface area contributed by atoms with Gasteiger partial charge in [0.25, 0.3) is 0 Å². The van der Waals surface area contributed by atoms with E-state index in [1.54, 1.807) is 0 Å². The molecule has 0 saturated carbocycles. The third kappa shape index (κ3) is 46.2. The van der Waals surface area contributed by atoms with Crippen LogP contribution < -0.4 is 0 Å². The second-order valence-corrected chi connectivity index (χ2v) is 16.7. The van der Waals surface area contributed by atoms with Crippen LogP contribution in [-0.2, 0) is 28.6 Å². The summed E-state index contributed by atoms with van der Waals surface area (Å²) in [4.78, 5) is 37.9. The van der Waals surface area contributed by atoms with Crippen molar-refractivity contribution in [1.82, 2.24) is 0 Å². The maximum atomic E-state index is 12.7. The van der Waals surface area contributed by atoms with Crippen molar-refractivity contribution in [3.63, 3.8) is 0 Å². The van der Waals surface area contributed by atoms with E-state index in [4.69, 9.17) is 14.2 Å². The first-order valence-corrected chi connectivity index (χ1v) is 25.3. The second-order valence-electron chi connectivity index (χ2n) is 16.7. The van der Waals surface area contributed by atoms with Crippen molar-refractivity contribution in [3.8, 4) is 0 Å². The zero-order chi connectivity index (χ0) is 43.7. The normalized spacial score (nSPS) is 12.5. The molecule has 6 heteroatoms. The first-order valence-electron chi connectivity index (χ1n) is 25.3. The molecule has 0 N–H and O–H groups in total. The molecule has 346 valence electrons. The predicted molar refractivity (Wildman–Crippen MR) is 256 cm³/mol. The highest BCUT2D eigenvalue weighted by Crippen LogP contribution is 2.15. The molecule has 0 aromatic carbocycles. The van der Waals surface area contributed by atoms with Gasteiger partial charge in [-0.2, -0.15) is 0 Å². The van der Waals surface area contributed by atoms with Crippen molar-refractivity contribution in [3.05, 3.63) is 60.8 Å². The average molecular weight is 839 g/mol. The van der Waals surface area contributed by atoms with Crippen LogP contribution in [0.5, 0.6) is 0 Å². The highest BCUT2D eigenvalue weighted by Gasteiger charge is 2.19. The fourth-order valence-corrected chi connectivity index (χ4v) is 6.96. The van der Waals surface area contributed by atoms with Crippen LogP contribution in [0.3, 0.4) is 0 Å². The molecule has 1 atom stereocenters. The molecule has 0 rings (SSSR count). The maximum absolute atomic E-state index is 12.7. The molecule has 0 saturated heterocycles. The van der Waals surface area contributed by atoms with Crippen LogP contribution in [0.15, 0.2) is 60.8 Å². The number of allylic oxidation sites excluding steroid dienone is 10. The number of hydrogen-bond donors (Lipinski definition) is 0. The molecule has 0 bridgehead atoms. The summed E-state index contributed by atoms with van der Waals surface area (Å²) >= 11 is 0. The Kier molecular flexibility index (Phi) is 46.4. The van der Waals surface area contributed by atoms with Gasteiger partial charge in [0.05, 0.1) is 0 Å². The van der Waals surface area contributed by atoms with Crippen LogP contribution in [0.1, 0.15) is 245 Å². The summed E-state index contributed by atoms with van der Waals surface area (Å²) in [7, 11) is 0. The fraction of sp³-hybridized carbons (Fsp3) is 0.759. The molecule has 0 heterocycles. The minimum Gasteiger partial charge on any atom is -0.462 e. The van der Waals surface area contributed by atoms with E-state index in [1.807, 2.05) is 0 Å². The van der Waals surface area contributed by atoms with Gasteiger partial charge in [-0.25, -0.2) is 0 Å². The molecular weight excluding hydrogens is 745 g/mol. The summed E-state index contributed by atoms with van der Waals surface area (Å²) in [5.74, 6) is -0.941. The Balaban J connectivity index is 4.39.